The van der Waals surface area contributed by atoms with Crippen molar-refractivity contribution in [3.05, 3.63) is 24.0 Å². The molecule has 2 rings (SSSR count). The molecule has 0 aromatic carbocycles. The fourth-order valence-corrected chi connectivity index (χ4v) is 1.82. The first-order valence-corrected chi connectivity index (χ1v) is 6.05. The van der Waals surface area contributed by atoms with Crippen LogP contribution in [-0.4, -0.2) is 30.1 Å². The average Bonchev–Trinajstić information content (AvgIpc) is 2.89. The number of ketones is 1. The quantitative estimate of drug-likeness (QED) is 0.734. The number of nitrogens with zero attached hydrogens (tertiary/aromatic N) is 1. The van der Waals surface area contributed by atoms with Crippen LogP contribution < -0.4 is 4.74 Å². The highest BCUT2D eigenvalue weighted by Crippen LogP contribution is 2.19. The lowest BCUT2D eigenvalue weighted by Gasteiger charge is -2.09. The second-order valence-electron chi connectivity index (χ2n) is 4.12. The molecule has 1 saturated heterocycles. The van der Waals surface area contributed by atoms with Gasteiger partial charge in [0, 0.05) is 18.4 Å². The standard InChI is InChI=1S/C13H17NO3/c1-2-5-16-11-7-10(8-14-9-11)13(15)12-4-3-6-17-12/h7-9,12H,2-6H2,1H3. The molecule has 1 aromatic heterocycles. The molecule has 17 heavy (non-hydrogen) atoms. The number of hydrogen-bond acceptors (Lipinski definition) is 4. The minimum absolute atomic E-state index is 0.0111. The van der Waals surface area contributed by atoms with Gasteiger partial charge in [-0.3, -0.25) is 9.78 Å². The molecule has 0 saturated carbocycles. The molecule has 4 nitrogen and oxygen atoms in total. The summed E-state index contributed by atoms with van der Waals surface area (Å²) in [6.07, 6.45) is 5.60. The normalized spacial score (nSPS) is 19.2. The van der Waals surface area contributed by atoms with Crippen molar-refractivity contribution in [2.45, 2.75) is 32.3 Å². The average molecular weight is 235 g/mol. The highest BCUT2D eigenvalue weighted by Gasteiger charge is 2.25. The van der Waals surface area contributed by atoms with Crippen LogP contribution >= 0.6 is 0 Å². The fraction of sp³-hybridized carbons (Fsp3) is 0.538. The molecular formula is C13H17NO3. The summed E-state index contributed by atoms with van der Waals surface area (Å²) in [5.74, 6) is 0.660. The van der Waals surface area contributed by atoms with Gasteiger partial charge in [-0.2, -0.15) is 0 Å². The lowest BCUT2D eigenvalue weighted by molar-refractivity contribution is 0.0642. The predicted molar refractivity (Wildman–Crippen MR) is 63.3 cm³/mol. The molecule has 0 spiro atoms. The molecule has 2 heterocycles. The summed E-state index contributed by atoms with van der Waals surface area (Å²) in [4.78, 5) is 16.1. The summed E-state index contributed by atoms with van der Waals surface area (Å²) < 4.78 is 10.8. The van der Waals surface area contributed by atoms with E-state index in [4.69, 9.17) is 9.47 Å². The Morgan fingerprint density at radius 2 is 2.47 bits per heavy atom. The first-order valence-electron chi connectivity index (χ1n) is 6.05. The number of aromatic nitrogens is 1. The van der Waals surface area contributed by atoms with Gasteiger partial charge in [-0.05, 0) is 25.3 Å². The van der Waals surface area contributed by atoms with Crippen molar-refractivity contribution in [2.75, 3.05) is 13.2 Å². The molecule has 92 valence electrons. The number of carbonyl (C=O) groups excluding carboxylic acids is 1. The molecule has 1 aromatic rings. The molecular weight excluding hydrogens is 218 g/mol. The van der Waals surface area contributed by atoms with Crippen molar-refractivity contribution in [3.63, 3.8) is 0 Å². The molecule has 0 N–H and O–H groups in total. The number of hydrogen-bond donors (Lipinski definition) is 0. The minimum atomic E-state index is -0.293. The van der Waals surface area contributed by atoms with Crippen LogP contribution in [0.25, 0.3) is 0 Å². The number of ether oxygens (including phenoxy) is 2. The van der Waals surface area contributed by atoms with E-state index in [0.29, 0.717) is 24.5 Å². The van der Waals surface area contributed by atoms with Gasteiger partial charge in [0.05, 0.1) is 12.8 Å². The predicted octanol–water partition coefficient (Wildman–Crippen LogP) is 2.23. The Bertz CT molecular complexity index is 386. The topological polar surface area (TPSA) is 48.4 Å². The molecule has 1 atom stereocenters. The summed E-state index contributed by atoms with van der Waals surface area (Å²) in [6.45, 7) is 3.35. The zero-order chi connectivity index (χ0) is 12.1. The van der Waals surface area contributed by atoms with Gasteiger partial charge < -0.3 is 9.47 Å². The van der Waals surface area contributed by atoms with Crippen LogP contribution in [0.1, 0.15) is 36.5 Å². The fourth-order valence-electron chi connectivity index (χ4n) is 1.82. The van der Waals surface area contributed by atoms with Crippen molar-refractivity contribution < 1.29 is 14.3 Å². The Kier molecular flexibility index (Phi) is 4.09. The van der Waals surface area contributed by atoms with Gasteiger partial charge in [-0.15, -0.1) is 0 Å². The third-order valence-corrected chi connectivity index (χ3v) is 2.69. The number of carbonyl (C=O) groups is 1. The Balaban J connectivity index is 2.06. The lowest BCUT2D eigenvalue weighted by Crippen LogP contribution is -2.19. The van der Waals surface area contributed by atoms with E-state index in [2.05, 4.69) is 4.98 Å². The van der Waals surface area contributed by atoms with Gasteiger partial charge in [-0.25, -0.2) is 0 Å². The maximum Gasteiger partial charge on any atom is 0.193 e. The maximum absolute atomic E-state index is 12.1. The van der Waals surface area contributed by atoms with Crippen LogP contribution in [0.4, 0.5) is 0 Å². The van der Waals surface area contributed by atoms with Crippen LogP contribution in [0, 0.1) is 0 Å². The molecule has 1 fully saturated rings. The van der Waals surface area contributed by atoms with E-state index >= 15 is 0 Å². The molecule has 1 aliphatic rings. The van der Waals surface area contributed by atoms with Gasteiger partial charge >= 0.3 is 0 Å². The zero-order valence-electron chi connectivity index (χ0n) is 10.0. The van der Waals surface area contributed by atoms with Gasteiger partial charge in [0.2, 0.25) is 0 Å². The van der Waals surface area contributed by atoms with E-state index in [1.807, 2.05) is 6.92 Å². The summed E-state index contributed by atoms with van der Waals surface area (Å²) in [7, 11) is 0. The van der Waals surface area contributed by atoms with Crippen LogP contribution in [-0.2, 0) is 4.74 Å². The van der Waals surface area contributed by atoms with Gasteiger partial charge in [0.15, 0.2) is 5.78 Å². The monoisotopic (exact) mass is 235 g/mol. The van der Waals surface area contributed by atoms with E-state index in [1.54, 1.807) is 18.5 Å². The van der Waals surface area contributed by atoms with E-state index < -0.39 is 0 Å². The number of pyridine rings is 1. The Morgan fingerprint density at radius 1 is 1.59 bits per heavy atom. The molecule has 1 unspecified atom stereocenters. The minimum Gasteiger partial charge on any atom is -0.492 e. The molecule has 0 bridgehead atoms. The summed E-state index contributed by atoms with van der Waals surface area (Å²) in [6, 6.07) is 1.74. The van der Waals surface area contributed by atoms with E-state index in [-0.39, 0.29) is 11.9 Å². The van der Waals surface area contributed by atoms with Gasteiger partial charge in [-0.1, -0.05) is 6.92 Å². The summed E-state index contributed by atoms with van der Waals surface area (Å²) in [5.41, 5.74) is 0.575. The third-order valence-electron chi connectivity index (χ3n) is 2.69. The highest BCUT2D eigenvalue weighted by atomic mass is 16.5. The first kappa shape index (κ1) is 12.0. The first-order chi connectivity index (χ1) is 8.31. The Labute approximate surface area is 101 Å². The lowest BCUT2D eigenvalue weighted by atomic mass is 10.1. The molecule has 0 amide bonds. The van der Waals surface area contributed by atoms with Gasteiger partial charge in [0.1, 0.15) is 11.9 Å². The van der Waals surface area contributed by atoms with Crippen LogP contribution in [0.5, 0.6) is 5.75 Å². The summed E-state index contributed by atoms with van der Waals surface area (Å²) in [5, 5.41) is 0. The Hall–Kier alpha value is -1.42. The van der Waals surface area contributed by atoms with E-state index in [0.717, 1.165) is 19.3 Å². The van der Waals surface area contributed by atoms with Gasteiger partial charge in [0.25, 0.3) is 0 Å². The molecule has 4 heteroatoms. The second kappa shape index (κ2) is 5.77. The highest BCUT2D eigenvalue weighted by molar-refractivity contribution is 5.99. The van der Waals surface area contributed by atoms with Crippen LogP contribution in [0.3, 0.4) is 0 Å². The third kappa shape index (κ3) is 3.03. The van der Waals surface area contributed by atoms with Crippen molar-refractivity contribution in [3.8, 4) is 5.75 Å². The van der Waals surface area contributed by atoms with Crippen LogP contribution in [0.15, 0.2) is 18.5 Å². The van der Waals surface area contributed by atoms with E-state index in [1.165, 1.54) is 0 Å². The van der Waals surface area contributed by atoms with Crippen molar-refractivity contribution in [2.24, 2.45) is 0 Å². The molecule has 0 radical (unpaired) electrons. The van der Waals surface area contributed by atoms with E-state index in [9.17, 15) is 4.79 Å². The molecule has 0 aliphatic carbocycles. The zero-order valence-corrected chi connectivity index (χ0v) is 10.0. The smallest absolute Gasteiger partial charge is 0.193 e. The maximum atomic E-state index is 12.1. The van der Waals surface area contributed by atoms with Crippen molar-refractivity contribution in [1.82, 2.24) is 4.98 Å². The summed E-state index contributed by atoms with van der Waals surface area (Å²) >= 11 is 0. The largest absolute Gasteiger partial charge is 0.492 e. The van der Waals surface area contributed by atoms with Crippen LogP contribution in [0.2, 0.25) is 0 Å². The number of rotatable bonds is 5. The van der Waals surface area contributed by atoms with Crippen molar-refractivity contribution >= 4 is 5.78 Å². The second-order valence-corrected chi connectivity index (χ2v) is 4.12. The Morgan fingerprint density at radius 3 is 3.18 bits per heavy atom. The van der Waals surface area contributed by atoms with Crippen molar-refractivity contribution in [1.29, 1.82) is 0 Å². The number of Topliss-reactive ketones (excluding diaryl/α,β-unsaturated/α-hetero) is 1. The molecule has 1 aliphatic heterocycles. The SMILES string of the molecule is CCCOc1cncc(C(=O)C2CCCO2)c1.